The fourth-order valence-electron chi connectivity index (χ4n) is 2.05. The zero-order valence-corrected chi connectivity index (χ0v) is 8.23. The van der Waals surface area contributed by atoms with E-state index < -0.39 is 0 Å². The van der Waals surface area contributed by atoms with Crippen LogP contribution in [-0.4, -0.2) is 16.7 Å². The largest absolute Gasteiger partial charge is 0.508 e. The molecule has 0 fully saturated rings. The van der Waals surface area contributed by atoms with Gasteiger partial charge in [-0.05, 0) is 35.7 Å². The average Bonchev–Trinajstić information content (AvgIpc) is 2.29. The van der Waals surface area contributed by atoms with E-state index in [2.05, 4.69) is 4.98 Å². The molecule has 2 aromatic rings. The summed E-state index contributed by atoms with van der Waals surface area (Å²) < 4.78 is 5.37. The standard InChI is InChI=1S/C12H11NO2/c14-9-1-2-12-11(5-9)10-3-4-15-7-8(10)6-13-12/h1-2,5-6,14H,3-4,7H2. The van der Waals surface area contributed by atoms with Crippen LogP contribution in [0.25, 0.3) is 10.9 Å². The highest BCUT2D eigenvalue weighted by Crippen LogP contribution is 2.27. The van der Waals surface area contributed by atoms with E-state index in [4.69, 9.17) is 4.74 Å². The topological polar surface area (TPSA) is 42.4 Å². The highest BCUT2D eigenvalue weighted by Gasteiger charge is 2.13. The fraction of sp³-hybridized carbons (Fsp3) is 0.250. The first-order valence-electron chi connectivity index (χ1n) is 5.02. The molecule has 1 aliphatic heterocycles. The van der Waals surface area contributed by atoms with Crippen LogP contribution in [0.3, 0.4) is 0 Å². The lowest BCUT2D eigenvalue weighted by Gasteiger charge is -2.17. The van der Waals surface area contributed by atoms with Crippen LogP contribution in [0, 0.1) is 0 Å². The molecular formula is C12H11NO2. The molecule has 3 rings (SSSR count). The summed E-state index contributed by atoms with van der Waals surface area (Å²) in [5, 5.41) is 10.5. The van der Waals surface area contributed by atoms with E-state index in [1.165, 1.54) is 5.56 Å². The van der Waals surface area contributed by atoms with Crippen molar-refractivity contribution >= 4 is 10.9 Å². The summed E-state index contributed by atoms with van der Waals surface area (Å²) in [6.07, 6.45) is 2.77. The van der Waals surface area contributed by atoms with E-state index in [1.54, 1.807) is 12.1 Å². The predicted molar refractivity (Wildman–Crippen MR) is 56.8 cm³/mol. The quantitative estimate of drug-likeness (QED) is 0.709. The van der Waals surface area contributed by atoms with Crippen molar-refractivity contribution in [1.29, 1.82) is 0 Å². The van der Waals surface area contributed by atoms with Gasteiger partial charge in [0.1, 0.15) is 5.75 Å². The van der Waals surface area contributed by atoms with Crippen LogP contribution < -0.4 is 0 Å². The van der Waals surface area contributed by atoms with Crippen molar-refractivity contribution in [3.05, 3.63) is 35.5 Å². The summed E-state index contributed by atoms with van der Waals surface area (Å²) >= 11 is 0. The predicted octanol–water partition coefficient (Wildman–Crippen LogP) is 2.01. The Hall–Kier alpha value is -1.61. The molecule has 0 radical (unpaired) electrons. The number of hydrogen-bond acceptors (Lipinski definition) is 3. The second-order valence-electron chi connectivity index (χ2n) is 3.77. The molecule has 15 heavy (non-hydrogen) atoms. The van der Waals surface area contributed by atoms with E-state index in [0.717, 1.165) is 29.5 Å². The molecule has 0 amide bonds. The molecule has 0 aliphatic carbocycles. The molecule has 3 nitrogen and oxygen atoms in total. The van der Waals surface area contributed by atoms with Gasteiger partial charge in [-0.1, -0.05) is 0 Å². The number of ether oxygens (including phenoxy) is 1. The van der Waals surface area contributed by atoms with Gasteiger partial charge in [0.05, 0.1) is 18.7 Å². The minimum absolute atomic E-state index is 0.296. The van der Waals surface area contributed by atoms with Gasteiger partial charge >= 0.3 is 0 Å². The highest BCUT2D eigenvalue weighted by molar-refractivity contribution is 5.84. The van der Waals surface area contributed by atoms with Crippen molar-refractivity contribution in [1.82, 2.24) is 4.98 Å². The van der Waals surface area contributed by atoms with Crippen LogP contribution in [0.5, 0.6) is 5.75 Å². The van der Waals surface area contributed by atoms with Crippen LogP contribution in [-0.2, 0) is 17.8 Å². The van der Waals surface area contributed by atoms with Crippen molar-refractivity contribution in [3.8, 4) is 5.75 Å². The lowest BCUT2D eigenvalue weighted by molar-refractivity contribution is 0.111. The summed E-state index contributed by atoms with van der Waals surface area (Å²) in [4.78, 5) is 4.34. The highest BCUT2D eigenvalue weighted by atomic mass is 16.5. The lowest BCUT2D eigenvalue weighted by Crippen LogP contribution is -2.10. The third-order valence-electron chi connectivity index (χ3n) is 2.81. The molecule has 3 heteroatoms. The Bertz CT molecular complexity index is 522. The number of aromatic nitrogens is 1. The van der Waals surface area contributed by atoms with Crippen molar-refractivity contribution in [3.63, 3.8) is 0 Å². The molecule has 1 aromatic carbocycles. The molecule has 0 atom stereocenters. The van der Waals surface area contributed by atoms with Crippen molar-refractivity contribution in [2.75, 3.05) is 6.61 Å². The number of phenolic OH excluding ortho intramolecular Hbond substituents is 1. The number of benzene rings is 1. The van der Waals surface area contributed by atoms with Gasteiger partial charge in [0, 0.05) is 11.6 Å². The van der Waals surface area contributed by atoms with Crippen molar-refractivity contribution in [2.24, 2.45) is 0 Å². The summed E-state index contributed by atoms with van der Waals surface area (Å²) in [5.74, 6) is 0.296. The molecule has 0 bridgehead atoms. The third-order valence-corrected chi connectivity index (χ3v) is 2.81. The molecule has 2 heterocycles. The van der Waals surface area contributed by atoms with Crippen molar-refractivity contribution in [2.45, 2.75) is 13.0 Å². The average molecular weight is 201 g/mol. The van der Waals surface area contributed by atoms with E-state index in [-0.39, 0.29) is 0 Å². The van der Waals surface area contributed by atoms with Gasteiger partial charge in [-0.3, -0.25) is 4.98 Å². The smallest absolute Gasteiger partial charge is 0.116 e. The molecule has 1 N–H and O–H groups in total. The Morgan fingerprint density at radius 1 is 1.33 bits per heavy atom. The van der Waals surface area contributed by atoms with E-state index in [1.807, 2.05) is 12.3 Å². The Morgan fingerprint density at radius 2 is 2.27 bits per heavy atom. The summed E-state index contributed by atoms with van der Waals surface area (Å²) in [5.41, 5.74) is 3.34. The number of rotatable bonds is 0. The van der Waals surface area contributed by atoms with E-state index in [9.17, 15) is 5.11 Å². The molecular weight excluding hydrogens is 190 g/mol. The fourth-order valence-corrected chi connectivity index (χ4v) is 2.05. The Labute approximate surface area is 87.3 Å². The summed E-state index contributed by atoms with van der Waals surface area (Å²) in [6, 6.07) is 5.30. The Kier molecular flexibility index (Phi) is 1.86. The number of pyridine rings is 1. The molecule has 1 aliphatic rings. The number of fused-ring (bicyclic) bond motifs is 3. The van der Waals surface area contributed by atoms with Gasteiger partial charge in [-0.25, -0.2) is 0 Å². The SMILES string of the molecule is Oc1ccc2ncc3c(c2c1)CCOC3. The third kappa shape index (κ3) is 1.36. The van der Waals surface area contributed by atoms with Crippen LogP contribution in [0.4, 0.5) is 0 Å². The van der Waals surface area contributed by atoms with E-state index >= 15 is 0 Å². The van der Waals surface area contributed by atoms with Gasteiger partial charge in [0.15, 0.2) is 0 Å². The minimum atomic E-state index is 0.296. The van der Waals surface area contributed by atoms with Gasteiger partial charge in [-0.15, -0.1) is 0 Å². The van der Waals surface area contributed by atoms with Gasteiger partial charge in [0.25, 0.3) is 0 Å². The van der Waals surface area contributed by atoms with Gasteiger partial charge < -0.3 is 9.84 Å². The van der Waals surface area contributed by atoms with Crippen LogP contribution in [0.2, 0.25) is 0 Å². The summed E-state index contributed by atoms with van der Waals surface area (Å²) in [6.45, 7) is 1.38. The number of nitrogens with zero attached hydrogens (tertiary/aromatic N) is 1. The molecule has 0 saturated carbocycles. The first kappa shape index (κ1) is 8.68. The van der Waals surface area contributed by atoms with Gasteiger partial charge in [0.2, 0.25) is 0 Å². The maximum Gasteiger partial charge on any atom is 0.116 e. The molecule has 0 spiro atoms. The second-order valence-corrected chi connectivity index (χ2v) is 3.77. The summed E-state index contributed by atoms with van der Waals surface area (Å²) in [7, 11) is 0. The number of hydrogen-bond donors (Lipinski definition) is 1. The molecule has 0 saturated heterocycles. The zero-order chi connectivity index (χ0) is 10.3. The molecule has 76 valence electrons. The van der Waals surface area contributed by atoms with Crippen LogP contribution >= 0.6 is 0 Å². The minimum Gasteiger partial charge on any atom is -0.508 e. The first-order valence-corrected chi connectivity index (χ1v) is 5.02. The zero-order valence-electron chi connectivity index (χ0n) is 8.23. The first-order chi connectivity index (χ1) is 7.34. The lowest BCUT2D eigenvalue weighted by atomic mass is 10.00. The maximum atomic E-state index is 9.47. The normalized spacial score (nSPS) is 15.2. The van der Waals surface area contributed by atoms with Crippen molar-refractivity contribution < 1.29 is 9.84 Å². The number of phenols is 1. The van der Waals surface area contributed by atoms with Gasteiger partial charge in [-0.2, -0.15) is 0 Å². The molecule has 0 unspecified atom stereocenters. The molecule has 1 aromatic heterocycles. The van der Waals surface area contributed by atoms with Crippen LogP contribution in [0.1, 0.15) is 11.1 Å². The van der Waals surface area contributed by atoms with Crippen LogP contribution in [0.15, 0.2) is 24.4 Å². The Balaban J connectivity index is 2.34. The monoisotopic (exact) mass is 201 g/mol. The Morgan fingerprint density at radius 3 is 3.20 bits per heavy atom. The second kappa shape index (κ2) is 3.21. The maximum absolute atomic E-state index is 9.47. The number of aromatic hydroxyl groups is 1. The van der Waals surface area contributed by atoms with E-state index in [0.29, 0.717) is 12.4 Å².